The lowest BCUT2D eigenvalue weighted by Crippen LogP contribution is -2.17. The van der Waals surface area contributed by atoms with Crippen LogP contribution in [0.5, 0.6) is 29.3 Å². The Morgan fingerprint density at radius 2 is 0.611 bits per heavy atom. The van der Waals surface area contributed by atoms with Gasteiger partial charge in [0, 0.05) is 154 Å². The van der Waals surface area contributed by atoms with Gasteiger partial charge in [-0.1, -0.05) is 105 Å². The topological polar surface area (TPSA) is 326 Å². The lowest BCUT2D eigenvalue weighted by atomic mass is 10.1. The van der Waals surface area contributed by atoms with E-state index in [1.54, 1.807) is 98.4 Å². The summed E-state index contributed by atoms with van der Waals surface area (Å²) in [5.74, 6) is 2.50. The number of ether oxygens (including phenoxy) is 9. The molecule has 0 saturated carbocycles. The molecule has 5 aliphatic heterocycles. The molecule has 0 unspecified atom stereocenters. The van der Waals surface area contributed by atoms with Crippen molar-refractivity contribution in [1.82, 2.24) is 75.9 Å². The van der Waals surface area contributed by atoms with Gasteiger partial charge in [0.15, 0.2) is 20.6 Å². The summed E-state index contributed by atoms with van der Waals surface area (Å²) >= 11 is 41.0. The molecule has 15 heterocycles. The lowest BCUT2D eigenvalue weighted by molar-refractivity contribution is 0.0591. The zero-order chi connectivity index (χ0) is 78.5. The third kappa shape index (κ3) is 24.0. The Kier molecular flexibility index (Phi) is 32.0. The number of aromatic nitrogens is 15. The van der Waals surface area contributed by atoms with Crippen molar-refractivity contribution in [2.45, 2.75) is 94.7 Å². The first-order valence-corrected chi connectivity index (χ1v) is 38.7. The number of aliphatic hydroxyl groups excluding tert-OH is 1. The number of aliphatic hydroxyl groups is 1. The van der Waals surface area contributed by atoms with Crippen LogP contribution in [0.1, 0.15) is 64.2 Å². The van der Waals surface area contributed by atoms with Gasteiger partial charge in [0.25, 0.3) is 0 Å². The highest BCUT2D eigenvalue weighted by Gasteiger charge is 2.23. The molecule has 5 saturated heterocycles. The summed E-state index contributed by atoms with van der Waals surface area (Å²) in [4.78, 5) is 20.4. The molecule has 13 aromatic rings. The monoisotopic (exact) mass is 1670 g/mol. The molecule has 585 valence electrons. The third-order valence-corrected chi connectivity index (χ3v) is 19.6. The van der Waals surface area contributed by atoms with Crippen molar-refractivity contribution in [3.63, 3.8) is 0 Å². The van der Waals surface area contributed by atoms with Crippen LogP contribution in [0.25, 0.3) is 76.4 Å². The Bertz CT molecular complexity index is 4880. The van der Waals surface area contributed by atoms with Gasteiger partial charge in [-0.3, -0.25) is 24.9 Å². The maximum absolute atomic E-state index is 8.44. The molecular formula is C78H74BCl7N15O12. The zero-order valence-electron chi connectivity index (χ0n) is 60.5. The fourth-order valence-electron chi connectivity index (χ4n) is 12.0. The Balaban J connectivity index is 0.000000126. The molecule has 2 N–H and O–H groups in total. The SMILES string of the molecule is Clc1ccc(-c2nnc(OC[C@H]3CCCO3)c3ccncc23)cc1.Clc1ccc(-c2nnc(OC[C@H]3CCCO3)c3cnccc23)cc1.Clc1nnc(Cl)c2cnccc12.Clc1nnc(OC[C@H]2CCCO2)c2ccncc12.Clc1nnc(OC[C@H]2CCCO2)c2cnccc12.OC[C@H]1CCCO1.O[B]Oc1ccc(Cl)cc1. The molecule has 1 radical (unpaired) electrons. The van der Waals surface area contributed by atoms with E-state index in [0.29, 0.717) is 99.1 Å². The van der Waals surface area contributed by atoms with Crippen molar-refractivity contribution in [2.24, 2.45) is 0 Å². The van der Waals surface area contributed by atoms with Crippen LogP contribution in [-0.2, 0) is 23.7 Å². The van der Waals surface area contributed by atoms with Crippen molar-refractivity contribution in [2.75, 3.05) is 66.1 Å². The summed E-state index contributed by atoms with van der Waals surface area (Å²) in [5, 5.41) is 68.5. The number of rotatable bonds is 17. The quantitative estimate of drug-likeness (QED) is 0.0800. The van der Waals surface area contributed by atoms with Gasteiger partial charge < -0.3 is 57.4 Å². The fourth-order valence-corrected chi connectivity index (χ4v) is 13.1. The van der Waals surface area contributed by atoms with Crippen LogP contribution in [0, 0.1) is 0 Å². The van der Waals surface area contributed by atoms with E-state index in [0.717, 1.165) is 174 Å². The second-order valence-corrected chi connectivity index (χ2v) is 28.2. The number of halogens is 7. The maximum Gasteiger partial charge on any atom is 0.569 e. The number of hydrogen-bond donors (Lipinski definition) is 2. The first kappa shape index (κ1) is 83.4. The van der Waals surface area contributed by atoms with Gasteiger partial charge in [0.1, 0.15) is 43.6 Å². The molecule has 0 aliphatic carbocycles. The number of nitrogens with zero attached hydrogens (tertiary/aromatic N) is 15. The molecule has 5 atom stereocenters. The number of pyridine rings is 5. The van der Waals surface area contributed by atoms with Gasteiger partial charge in [-0.2, -0.15) is 0 Å². The third-order valence-electron chi connectivity index (χ3n) is 17.8. The smallest absolute Gasteiger partial charge is 0.537 e. The van der Waals surface area contributed by atoms with Gasteiger partial charge in [-0.05, 0) is 143 Å². The molecule has 10 aromatic heterocycles. The number of hydrogen-bond acceptors (Lipinski definition) is 27. The summed E-state index contributed by atoms with van der Waals surface area (Å²) in [6, 6.07) is 30.9. The van der Waals surface area contributed by atoms with Gasteiger partial charge in [-0.15, -0.1) is 51.0 Å². The van der Waals surface area contributed by atoms with E-state index in [2.05, 4.69) is 80.6 Å². The normalized spacial score (nSPS) is 17.3. The summed E-state index contributed by atoms with van der Waals surface area (Å²) in [7, 11) is 0.628. The second-order valence-electron chi connectivity index (χ2n) is 25.5. The van der Waals surface area contributed by atoms with Crippen LogP contribution >= 0.6 is 81.2 Å². The summed E-state index contributed by atoms with van der Waals surface area (Å²) in [6.45, 7) is 6.22. The van der Waals surface area contributed by atoms with Crippen LogP contribution in [0.15, 0.2) is 165 Å². The number of fused-ring (bicyclic) bond motifs is 5. The van der Waals surface area contributed by atoms with Crippen molar-refractivity contribution in [3.8, 4) is 51.8 Å². The minimum atomic E-state index is 0.134. The average molecular weight is 1670 g/mol. The van der Waals surface area contributed by atoms with Crippen molar-refractivity contribution in [3.05, 3.63) is 201 Å². The largest absolute Gasteiger partial charge is 0.569 e. The van der Waals surface area contributed by atoms with Gasteiger partial charge >= 0.3 is 7.69 Å². The molecule has 27 nitrogen and oxygen atoms in total. The van der Waals surface area contributed by atoms with E-state index >= 15 is 0 Å². The van der Waals surface area contributed by atoms with Gasteiger partial charge in [-0.25, -0.2) is 0 Å². The molecule has 35 heteroatoms. The second kappa shape index (κ2) is 43.4. The molecule has 0 bridgehead atoms. The number of benzene rings is 3. The van der Waals surface area contributed by atoms with Crippen LogP contribution < -0.4 is 23.6 Å². The van der Waals surface area contributed by atoms with E-state index in [9.17, 15) is 0 Å². The van der Waals surface area contributed by atoms with Crippen molar-refractivity contribution in [1.29, 1.82) is 0 Å². The predicted molar refractivity (Wildman–Crippen MR) is 432 cm³/mol. The Morgan fingerprint density at radius 1 is 0.319 bits per heavy atom. The molecule has 113 heavy (non-hydrogen) atoms. The highest BCUT2D eigenvalue weighted by atomic mass is 35.5. The molecular weight excluding hydrogens is 1600 g/mol. The lowest BCUT2D eigenvalue weighted by Gasteiger charge is -2.13. The first-order valence-electron chi connectivity index (χ1n) is 36.1. The van der Waals surface area contributed by atoms with Crippen LogP contribution in [0.4, 0.5) is 0 Å². The highest BCUT2D eigenvalue weighted by Crippen LogP contribution is 2.35. The van der Waals surface area contributed by atoms with Crippen molar-refractivity contribution < 1.29 is 57.4 Å². The Hall–Kier alpha value is -9.08. The summed E-state index contributed by atoms with van der Waals surface area (Å²) < 4.78 is 54.9. The van der Waals surface area contributed by atoms with Crippen molar-refractivity contribution >= 4 is 143 Å². The van der Waals surface area contributed by atoms with E-state index in [4.69, 9.17) is 134 Å². The van der Waals surface area contributed by atoms with Gasteiger partial charge in [0.2, 0.25) is 23.5 Å². The maximum atomic E-state index is 8.44. The van der Waals surface area contributed by atoms with Crippen LogP contribution in [-0.4, -0.2) is 190 Å². The minimum absolute atomic E-state index is 0.134. The van der Waals surface area contributed by atoms with E-state index in [-0.39, 0.29) is 37.1 Å². The van der Waals surface area contributed by atoms with E-state index in [1.807, 2.05) is 66.7 Å². The molecule has 0 amide bonds. The fraction of sp³-hybridized carbons (Fsp3) is 0.321. The molecule has 5 aliphatic rings. The molecule has 3 aromatic carbocycles. The minimum Gasteiger partial charge on any atom is -0.537 e. The first-order chi connectivity index (χ1) is 55.4. The van der Waals surface area contributed by atoms with E-state index in [1.165, 1.54) is 0 Å². The average Bonchev–Trinajstić information content (AvgIpc) is 1.81. The standard InChI is InChI=1S/2C18H16ClN3O2.2C12H12ClN3O2.C7H3Cl2N3.C6H5BClO2.C5H10O2/c19-13-5-3-12(4-6-13)17-16-10-20-8-7-15(16)18(22-21-17)24-11-14-2-1-9-23-14;19-13-5-3-12(4-6-13)17-15-7-8-20-10-16(15)18(22-21-17)24-11-14-2-1-9-23-14;13-11-10-6-14-4-3-9(10)12(16-15-11)18-7-8-2-1-5-17-8;13-11-9-3-4-14-6-10(9)12(16-15-11)18-7-8-2-1-5-17-8;8-6-4-1-2-10-3-5(4)7(9)12-11-6;8-5-1-3-6(4-2-5)10-7-9;6-4-5-2-1-3-7-5/h2*3-8,10,14H,1-2,9,11H2;2*3-4,6,8H,1-2,5,7H2;1-3H;1-4,9H;5-6H,1-4H2/t2*14-;2*8-;;;5-/m1111..1/s1. The Labute approximate surface area is 684 Å². The highest BCUT2D eigenvalue weighted by molar-refractivity contribution is 6.38. The van der Waals surface area contributed by atoms with Crippen LogP contribution in [0.3, 0.4) is 0 Å². The molecule has 0 spiro atoms. The van der Waals surface area contributed by atoms with E-state index < -0.39 is 0 Å². The summed E-state index contributed by atoms with van der Waals surface area (Å²) in [6.07, 6.45) is 28.3. The summed E-state index contributed by atoms with van der Waals surface area (Å²) in [5.41, 5.74) is 3.44. The predicted octanol–water partition coefficient (Wildman–Crippen LogP) is 16.0. The Morgan fingerprint density at radius 3 is 0.982 bits per heavy atom. The molecule has 5 fully saturated rings. The zero-order valence-corrected chi connectivity index (χ0v) is 65.8. The van der Waals surface area contributed by atoms with Crippen LogP contribution in [0.2, 0.25) is 35.7 Å². The molecule has 18 rings (SSSR count). The van der Waals surface area contributed by atoms with Gasteiger partial charge in [0.05, 0.1) is 58.7 Å².